The molecule has 0 fully saturated rings. The Hall–Kier alpha value is -1.91. The van der Waals surface area contributed by atoms with Gasteiger partial charge in [-0.3, -0.25) is 5.84 Å². The minimum Gasteiger partial charge on any atom is -0.496 e. The summed E-state index contributed by atoms with van der Waals surface area (Å²) in [5, 5.41) is 0. The van der Waals surface area contributed by atoms with Crippen molar-refractivity contribution >= 4 is 0 Å². The minimum absolute atomic E-state index is 0.341. The van der Waals surface area contributed by atoms with Crippen molar-refractivity contribution < 1.29 is 9.13 Å². The summed E-state index contributed by atoms with van der Waals surface area (Å²) in [6, 6.07) is 12.2. The Morgan fingerprint density at radius 3 is 2.45 bits per heavy atom. The maximum atomic E-state index is 14.1. The van der Waals surface area contributed by atoms with Gasteiger partial charge in [-0.1, -0.05) is 37.3 Å². The van der Waals surface area contributed by atoms with Crippen LogP contribution < -0.4 is 16.0 Å². The average Bonchev–Trinajstić information content (AvgIpc) is 2.50. The van der Waals surface area contributed by atoms with Crippen molar-refractivity contribution in [2.24, 2.45) is 5.84 Å². The van der Waals surface area contributed by atoms with E-state index in [9.17, 15) is 4.39 Å². The van der Waals surface area contributed by atoms with Crippen molar-refractivity contribution in [3.63, 3.8) is 0 Å². The zero-order valence-electron chi connectivity index (χ0n) is 11.7. The molecular formula is C16H19FN2O. The van der Waals surface area contributed by atoms with Gasteiger partial charge in [0.2, 0.25) is 0 Å². The molecule has 0 aliphatic heterocycles. The Labute approximate surface area is 118 Å². The molecule has 0 bridgehead atoms. The van der Waals surface area contributed by atoms with Crippen LogP contribution in [0.4, 0.5) is 4.39 Å². The third-order valence-electron chi connectivity index (χ3n) is 3.41. The largest absolute Gasteiger partial charge is 0.496 e. The normalized spacial score (nSPS) is 12.2. The zero-order valence-corrected chi connectivity index (χ0v) is 11.7. The lowest BCUT2D eigenvalue weighted by Gasteiger charge is -2.20. The van der Waals surface area contributed by atoms with Gasteiger partial charge in [0.15, 0.2) is 0 Å². The Kier molecular flexibility index (Phi) is 4.71. The van der Waals surface area contributed by atoms with Crippen LogP contribution in [-0.2, 0) is 6.42 Å². The third kappa shape index (κ3) is 2.81. The summed E-state index contributed by atoms with van der Waals surface area (Å²) >= 11 is 0. The number of nitrogens with two attached hydrogens (primary N) is 1. The molecule has 1 atom stereocenters. The first-order valence-corrected chi connectivity index (χ1v) is 6.58. The van der Waals surface area contributed by atoms with Crippen LogP contribution in [0.3, 0.4) is 0 Å². The van der Waals surface area contributed by atoms with Gasteiger partial charge in [0.05, 0.1) is 18.7 Å². The minimum atomic E-state index is -0.447. The topological polar surface area (TPSA) is 47.3 Å². The molecule has 2 aromatic carbocycles. The number of benzene rings is 2. The summed E-state index contributed by atoms with van der Waals surface area (Å²) in [5.41, 5.74) is 5.21. The monoisotopic (exact) mass is 274 g/mol. The van der Waals surface area contributed by atoms with E-state index in [1.807, 2.05) is 24.3 Å². The highest BCUT2D eigenvalue weighted by Gasteiger charge is 2.21. The molecule has 0 radical (unpaired) electrons. The second-order valence-electron chi connectivity index (χ2n) is 4.55. The summed E-state index contributed by atoms with van der Waals surface area (Å²) in [7, 11) is 1.52. The zero-order chi connectivity index (χ0) is 14.5. The molecular weight excluding hydrogens is 255 g/mol. The molecule has 4 heteroatoms. The lowest BCUT2D eigenvalue weighted by atomic mass is 9.96. The summed E-state index contributed by atoms with van der Waals surface area (Å²) in [4.78, 5) is 0. The van der Waals surface area contributed by atoms with Crippen LogP contribution in [0.25, 0.3) is 0 Å². The first kappa shape index (κ1) is 14.5. The number of hydrazine groups is 1. The quantitative estimate of drug-likeness (QED) is 0.651. The number of methoxy groups -OCH3 is 1. The van der Waals surface area contributed by atoms with Gasteiger partial charge in [-0.2, -0.15) is 0 Å². The molecule has 0 amide bonds. The van der Waals surface area contributed by atoms with Crippen LogP contribution in [-0.4, -0.2) is 7.11 Å². The number of halogens is 1. The van der Waals surface area contributed by atoms with E-state index < -0.39 is 6.04 Å². The predicted octanol–water partition coefficient (Wildman–Crippen LogP) is 2.95. The van der Waals surface area contributed by atoms with E-state index in [1.54, 1.807) is 12.1 Å². The van der Waals surface area contributed by atoms with Crippen molar-refractivity contribution in [1.82, 2.24) is 5.43 Å². The van der Waals surface area contributed by atoms with Crippen molar-refractivity contribution in [3.8, 4) is 5.75 Å². The van der Waals surface area contributed by atoms with Crippen LogP contribution in [0, 0.1) is 5.82 Å². The molecule has 3 nitrogen and oxygen atoms in total. The Morgan fingerprint density at radius 2 is 1.90 bits per heavy atom. The third-order valence-corrected chi connectivity index (χ3v) is 3.41. The SMILES string of the molecule is CCc1ccc(C(NN)c2c(F)cccc2OC)cc1. The fraction of sp³-hybridized carbons (Fsp3) is 0.250. The molecule has 2 rings (SSSR count). The average molecular weight is 274 g/mol. The molecule has 0 aliphatic rings. The van der Waals surface area contributed by atoms with E-state index in [2.05, 4.69) is 12.3 Å². The molecule has 0 saturated carbocycles. The van der Waals surface area contributed by atoms with Crippen LogP contribution in [0.15, 0.2) is 42.5 Å². The van der Waals surface area contributed by atoms with Gasteiger partial charge in [0, 0.05) is 0 Å². The van der Waals surface area contributed by atoms with E-state index >= 15 is 0 Å². The Bertz CT molecular complexity index is 569. The molecule has 0 aliphatic carbocycles. The molecule has 0 heterocycles. The van der Waals surface area contributed by atoms with E-state index in [4.69, 9.17) is 10.6 Å². The van der Waals surface area contributed by atoms with Crippen LogP contribution >= 0.6 is 0 Å². The number of hydrogen-bond acceptors (Lipinski definition) is 3. The van der Waals surface area contributed by atoms with Gasteiger partial charge in [-0.25, -0.2) is 9.82 Å². The van der Waals surface area contributed by atoms with Crippen molar-refractivity contribution in [1.29, 1.82) is 0 Å². The lowest BCUT2D eigenvalue weighted by molar-refractivity contribution is 0.397. The number of aryl methyl sites for hydroxylation is 1. The van der Waals surface area contributed by atoms with Crippen LogP contribution in [0.2, 0.25) is 0 Å². The molecule has 20 heavy (non-hydrogen) atoms. The standard InChI is InChI=1S/C16H19FN2O/c1-3-11-7-9-12(10-8-11)16(19-18)15-13(17)5-4-6-14(15)20-2/h4-10,16,19H,3,18H2,1-2H3. The fourth-order valence-corrected chi connectivity index (χ4v) is 2.27. The van der Waals surface area contributed by atoms with Crippen molar-refractivity contribution in [2.45, 2.75) is 19.4 Å². The fourth-order valence-electron chi connectivity index (χ4n) is 2.27. The Balaban J connectivity index is 2.46. The first-order chi connectivity index (χ1) is 9.71. The highest BCUT2D eigenvalue weighted by molar-refractivity contribution is 5.43. The molecule has 1 unspecified atom stereocenters. The van der Waals surface area contributed by atoms with E-state index in [0.29, 0.717) is 11.3 Å². The van der Waals surface area contributed by atoms with E-state index in [-0.39, 0.29) is 5.82 Å². The molecule has 3 N–H and O–H groups in total. The van der Waals surface area contributed by atoms with Gasteiger partial charge in [0.25, 0.3) is 0 Å². The Morgan fingerprint density at radius 1 is 1.20 bits per heavy atom. The van der Waals surface area contributed by atoms with Crippen molar-refractivity contribution in [3.05, 3.63) is 65.0 Å². The van der Waals surface area contributed by atoms with E-state index in [0.717, 1.165) is 12.0 Å². The maximum Gasteiger partial charge on any atom is 0.132 e. The van der Waals surface area contributed by atoms with Crippen LogP contribution in [0.1, 0.15) is 29.7 Å². The van der Waals surface area contributed by atoms with Gasteiger partial charge >= 0.3 is 0 Å². The molecule has 106 valence electrons. The second-order valence-corrected chi connectivity index (χ2v) is 4.55. The number of hydrogen-bond donors (Lipinski definition) is 2. The maximum absolute atomic E-state index is 14.1. The van der Waals surface area contributed by atoms with Gasteiger partial charge in [0.1, 0.15) is 11.6 Å². The first-order valence-electron chi connectivity index (χ1n) is 6.58. The molecule has 0 aromatic heterocycles. The summed E-state index contributed by atoms with van der Waals surface area (Å²) in [6.07, 6.45) is 0.962. The molecule has 0 saturated heterocycles. The van der Waals surface area contributed by atoms with E-state index in [1.165, 1.54) is 18.7 Å². The number of rotatable bonds is 5. The van der Waals surface area contributed by atoms with Crippen LogP contribution in [0.5, 0.6) is 5.75 Å². The molecule has 2 aromatic rings. The lowest BCUT2D eigenvalue weighted by Crippen LogP contribution is -2.30. The summed E-state index contributed by atoms with van der Waals surface area (Å²) in [5.74, 6) is 5.77. The second kappa shape index (κ2) is 6.50. The summed E-state index contributed by atoms with van der Waals surface area (Å²) in [6.45, 7) is 2.09. The van der Waals surface area contributed by atoms with Gasteiger partial charge < -0.3 is 4.74 Å². The van der Waals surface area contributed by atoms with Gasteiger partial charge in [-0.15, -0.1) is 0 Å². The number of ether oxygens (including phenoxy) is 1. The smallest absolute Gasteiger partial charge is 0.132 e. The highest BCUT2D eigenvalue weighted by Crippen LogP contribution is 2.31. The molecule has 0 spiro atoms. The van der Waals surface area contributed by atoms with Crippen molar-refractivity contribution in [2.75, 3.05) is 7.11 Å². The number of nitrogens with one attached hydrogen (secondary N) is 1. The highest BCUT2D eigenvalue weighted by atomic mass is 19.1. The predicted molar refractivity (Wildman–Crippen MR) is 77.9 cm³/mol. The van der Waals surface area contributed by atoms with Gasteiger partial charge in [-0.05, 0) is 29.7 Å². The summed E-state index contributed by atoms with van der Waals surface area (Å²) < 4.78 is 19.4.